The number of sulfonamides is 1. The van der Waals surface area contributed by atoms with Crippen LogP contribution < -0.4 is 9.46 Å². The maximum absolute atomic E-state index is 13.3. The summed E-state index contributed by atoms with van der Waals surface area (Å²) in [5.41, 5.74) is 2.55. The van der Waals surface area contributed by atoms with Crippen molar-refractivity contribution in [2.45, 2.75) is 19.6 Å². The number of benzene rings is 2. The quantitative estimate of drug-likeness (QED) is 0.451. The summed E-state index contributed by atoms with van der Waals surface area (Å²) in [5.74, 6) is 0.511. The second kappa shape index (κ2) is 8.75. The van der Waals surface area contributed by atoms with Gasteiger partial charge in [-0.25, -0.2) is 17.5 Å². The van der Waals surface area contributed by atoms with Crippen molar-refractivity contribution >= 4 is 15.7 Å². The zero-order valence-electron chi connectivity index (χ0n) is 17.4. The van der Waals surface area contributed by atoms with Crippen LogP contribution in [0.2, 0.25) is 0 Å². The van der Waals surface area contributed by atoms with Crippen LogP contribution in [0.15, 0.2) is 66.7 Å². The van der Waals surface area contributed by atoms with Crippen LogP contribution >= 0.6 is 0 Å². The second-order valence-electron chi connectivity index (χ2n) is 7.19. The van der Waals surface area contributed by atoms with Crippen LogP contribution in [0.5, 0.6) is 11.6 Å². The van der Waals surface area contributed by atoms with E-state index in [0.29, 0.717) is 22.8 Å². The summed E-state index contributed by atoms with van der Waals surface area (Å²) in [5, 5.41) is 12.6. The van der Waals surface area contributed by atoms with Crippen LogP contribution in [0.25, 0.3) is 5.82 Å². The van der Waals surface area contributed by atoms with Gasteiger partial charge in [0, 0.05) is 17.4 Å². The summed E-state index contributed by atoms with van der Waals surface area (Å²) < 4.78 is 47.8. The molecule has 0 aliphatic carbocycles. The monoisotopic (exact) mass is 453 g/mol. The lowest BCUT2D eigenvalue weighted by atomic mass is 10.2. The lowest BCUT2D eigenvalue weighted by molar-refractivity contribution is 0.454. The fraction of sp³-hybridized carbons (Fsp3) is 0.136. The Morgan fingerprint density at radius 1 is 1.00 bits per heavy atom. The largest absolute Gasteiger partial charge is 0.438 e. The number of nitrogens with one attached hydrogen (secondary N) is 1. The highest BCUT2D eigenvalue weighted by molar-refractivity contribution is 7.91. The van der Waals surface area contributed by atoms with E-state index in [0.717, 1.165) is 11.4 Å². The van der Waals surface area contributed by atoms with Crippen LogP contribution in [0.1, 0.15) is 17.0 Å². The van der Waals surface area contributed by atoms with E-state index in [1.54, 1.807) is 47.1 Å². The van der Waals surface area contributed by atoms with Gasteiger partial charge in [0.05, 0.1) is 11.4 Å². The van der Waals surface area contributed by atoms with Gasteiger partial charge in [-0.2, -0.15) is 5.10 Å². The number of halogens is 1. The third-order valence-electron chi connectivity index (χ3n) is 4.45. The first-order valence-corrected chi connectivity index (χ1v) is 11.3. The first-order chi connectivity index (χ1) is 15.3. The SMILES string of the molecule is Cc1cc(C)n(-c2ccc(Oc3ccc(NS(=O)(=O)Cc4cccc(F)c4)cc3)nn2)n1. The lowest BCUT2D eigenvalue weighted by Crippen LogP contribution is -2.15. The van der Waals surface area contributed by atoms with Gasteiger partial charge in [0.1, 0.15) is 11.6 Å². The van der Waals surface area contributed by atoms with Crippen LogP contribution in [-0.2, 0) is 15.8 Å². The zero-order chi connectivity index (χ0) is 22.7. The Labute approximate surface area is 184 Å². The van der Waals surface area contributed by atoms with Crippen molar-refractivity contribution in [1.82, 2.24) is 20.0 Å². The van der Waals surface area contributed by atoms with Crippen molar-refractivity contribution < 1.29 is 17.5 Å². The van der Waals surface area contributed by atoms with E-state index in [1.165, 1.54) is 18.2 Å². The molecule has 0 spiro atoms. The van der Waals surface area contributed by atoms with Crippen LogP contribution in [-0.4, -0.2) is 28.4 Å². The molecule has 0 fully saturated rings. The molecule has 0 unspecified atom stereocenters. The van der Waals surface area contributed by atoms with E-state index in [4.69, 9.17) is 4.74 Å². The normalized spacial score (nSPS) is 11.3. The minimum atomic E-state index is -3.70. The van der Waals surface area contributed by atoms with E-state index in [1.807, 2.05) is 19.9 Å². The molecule has 4 aromatic rings. The van der Waals surface area contributed by atoms with Gasteiger partial charge >= 0.3 is 0 Å². The molecule has 32 heavy (non-hydrogen) atoms. The van der Waals surface area contributed by atoms with Crippen molar-refractivity contribution in [3.05, 3.63) is 89.5 Å². The van der Waals surface area contributed by atoms with Gasteiger partial charge in [-0.1, -0.05) is 12.1 Å². The number of hydrogen-bond donors (Lipinski definition) is 1. The molecule has 0 bridgehead atoms. The predicted molar refractivity (Wildman–Crippen MR) is 118 cm³/mol. The molecule has 0 amide bonds. The van der Waals surface area contributed by atoms with Gasteiger partial charge in [0.2, 0.25) is 15.9 Å². The van der Waals surface area contributed by atoms with Gasteiger partial charge in [0.15, 0.2) is 5.82 Å². The molecule has 4 rings (SSSR count). The molecule has 1 N–H and O–H groups in total. The van der Waals surface area contributed by atoms with Gasteiger partial charge in [-0.05, 0) is 67.9 Å². The number of anilines is 1. The molecule has 0 saturated carbocycles. The zero-order valence-corrected chi connectivity index (χ0v) is 18.2. The summed E-state index contributed by atoms with van der Waals surface area (Å²) in [7, 11) is -3.70. The molecule has 0 saturated heterocycles. The topological polar surface area (TPSA) is 99.0 Å². The van der Waals surface area contributed by atoms with Gasteiger partial charge in [0.25, 0.3) is 0 Å². The van der Waals surface area contributed by atoms with Crippen molar-refractivity contribution in [2.24, 2.45) is 0 Å². The Balaban J connectivity index is 1.40. The first kappa shape index (κ1) is 21.4. The smallest absolute Gasteiger partial charge is 0.238 e. The minimum absolute atomic E-state index is 0.287. The third-order valence-corrected chi connectivity index (χ3v) is 5.71. The lowest BCUT2D eigenvalue weighted by Gasteiger charge is -2.10. The molecular weight excluding hydrogens is 433 g/mol. The van der Waals surface area contributed by atoms with E-state index >= 15 is 0 Å². The molecule has 0 radical (unpaired) electrons. The van der Waals surface area contributed by atoms with Crippen LogP contribution in [0.3, 0.4) is 0 Å². The Morgan fingerprint density at radius 2 is 1.78 bits per heavy atom. The van der Waals surface area contributed by atoms with Gasteiger partial charge in [-0.15, -0.1) is 10.2 Å². The van der Waals surface area contributed by atoms with Crippen molar-refractivity contribution in [1.29, 1.82) is 0 Å². The predicted octanol–water partition coefficient (Wildman–Crippen LogP) is 4.15. The van der Waals surface area contributed by atoms with Crippen LogP contribution in [0.4, 0.5) is 10.1 Å². The molecule has 2 aromatic carbocycles. The Kier molecular flexibility index (Phi) is 5.87. The molecule has 0 aliphatic rings. The van der Waals surface area contributed by atoms with Gasteiger partial charge < -0.3 is 4.74 Å². The van der Waals surface area contributed by atoms with Crippen molar-refractivity contribution in [3.63, 3.8) is 0 Å². The average Bonchev–Trinajstić information content (AvgIpc) is 3.07. The summed E-state index contributed by atoms with van der Waals surface area (Å²) in [6, 6.07) is 17.2. The number of rotatable bonds is 7. The highest BCUT2D eigenvalue weighted by atomic mass is 32.2. The summed E-state index contributed by atoms with van der Waals surface area (Å²) >= 11 is 0. The van der Waals surface area contributed by atoms with E-state index < -0.39 is 15.8 Å². The van der Waals surface area contributed by atoms with E-state index in [9.17, 15) is 12.8 Å². The molecular formula is C22H20FN5O3S. The van der Waals surface area contributed by atoms with Gasteiger partial charge in [-0.3, -0.25) is 4.72 Å². The number of ether oxygens (including phenoxy) is 1. The van der Waals surface area contributed by atoms with Crippen molar-refractivity contribution in [2.75, 3.05) is 4.72 Å². The maximum atomic E-state index is 13.3. The fourth-order valence-electron chi connectivity index (χ4n) is 3.11. The number of hydrogen-bond acceptors (Lipinski definition) is 6. The summed E-state index contributed by atoms with van der Waals surface area (Å²) in [4.78, 5) is 0. The fourth-order valence-corrected chi connectivity index (χ4v) is 4.30. The summed E-state index contributed by atoms with van der Waals surface area (Å²) in [6.07, 6.45) is 0. The molecule has 2 heterocycles. The number of aryl methyl sites for hydroxylation is 2. The molecule has 10 heteroatoms. The minimum Gasteiger partial charge on any atom is -0.438 e. The molecule has 164 valence electrons. The highest BCUT2D eigenvalue weighted by Crippen LogP contribution is 2.23. The molecule has 0 atom stereocenters. The van der Waals surface area contributed by atoms with Crippen molar-refractivity contribution in [3.8, 4) is 17.4 Å². The molecule has 0 aliphatic heterocycles. The average molecular weight is 453 g/mol. The highest BCUT2D eigenvalue weighted by Gasteiger charge is 2.13. The standard InChI is InChI=1S/C22H20FN5O3S/c1-15-12-16(2)28(26-15)21-10-11-22(25-24-21)31-20-8-6-19(7-9-20)27-32(29,30)14-17-4-3-5-18(23)13-17/h3-13,27H,14H2,1-2H3. The van der Waals surface area contributed by atoms with Crippen LogP contribution in [0, 0.1) is 19.7 Å². The number of nitrogens with zero attached hydrogens (tertiary/aromatic N) is 4. The van der Waals surface area contributed by atoms with E-state index in [2.05, 4.69) is 20.0 Å². The number of aromatic nitrogens is 4. The Hall–Kier alpha value is -3.79. The molecule has 8 nitrogen and oxygen atoms in total. The Bertz CT molecular complexity index is 1340. The second-order valence-corrected chi connectivity index (χ2v) is 8.91. The third kappa shape index (κ3) is 5.27. The first-order valence-electron chi connectivity index (χ1n) is 9.68. The van der Waals surface area contributed by atoms with E-state index in [-0.39, 0.29) is 11.6 Å². The summed E-state index contributed by atoms with van der Waals surface area (Å²) in [6.45, 7) is 3.83. The molecule has 2 aromatic heterocycles. The Morgan fingerprint density at radius 3 is 2.41 bits per heavy atom. The maximum Gasteiger partial charge on any atom is 0.238 e.